The van der Waals surface area contributed by atoms with Crippen molar-refractivity contribution in [2.24, 2.45) is 0 Å². The van der Waals surface area contributed by atoms with Crippen molar-refractivity contribution in [2.45, 2.75) is 32.3 Å². The molecule has 0 saturated heterocycles. The van der Waals surface area contributed by atoms with Gasteiger partial charge in [0.1, 0.15) is 18.5 Å². The van der Waals surface area contributed by atoms with Crippen molar-refractivity contribution in [3.8, 4) is 5.75 Å². The van der Waals surface area contributed by atoms with E-state index in [0.717, 1.165) is 25.3 Å². The number of hydrogen-bond donors (Lipinski definition) is 1. The summed E-state index contributed by atoms with van der Waals surface area (Å²) in [6, 6.07) is 18.6. The minimum absolute atomic E-state index is 0.329. The SMILES string of the molecule is CC(C)c1ccccc1OCC(O)CN1CC=C(c2ccccc2)CC1. The van der Waals surface area contributed by atoms with Crippen molar-refractivity contribution >= 4 is 5.57 Å². The Kier molecular flexibility index (Phi) is 6.48. The van der Waals surface area contributed by atoms with Crippen LogP contribution in [-0.2, 0) is 0 Å². The van der Waals surface area contributed by atoms with Gasteiger partial charge < -0.3 is 9.84 Å². The minimum atomic E-state index is -0.484. The van der Waals surface area contributed by atoms with Gasteiger partial charge in [-0.3, -0.25) is 4.90 Å². The first-order chi connectivity index (χ1) is 12.6. The van der Waals surface area contributed by atoms with Crippen LogP contribution in [0, 0.1) is 0 Å². The molecule has 2 aromatic rings. The number of rotatable bonds is 7. The lowest BCUT2D eigenvalue weighted by Gasteiger charge is -2.28. The Labute approximate surface area is 156 Å². The summed E-state index contributed by atoms with van der Waals surface area (Å²) in [4.78, 5) is 2.29. The number of nitrogens with zero attached hydrogens (tertiary/aromatic N) is 1. The number of aliphatic hydroxyl groups excluding tert-OH is 1. The highest BCUT2D eigenvalue weighted by atomic mass is 16.5. The van der Waals surface area contributed by atoms with Gasteiger partial charge in [-0.05, 0) is 35.1 Å². The van der Waals surface area contributed by atoms with Gasteiger partial charge in [-0.15, -0.1) is 0 Å². The van der Waals surface area contributed by atoms with Crippen LogP contribution in [0.4, 0.5) is 0 Å². The molecule has 3 nitrogen and oxygen atoms in total. The maximum absolute atomic E-state index is 10.4. The van der Waals surface area contributed by atoms with Crippen LogP contribution < -0.4 is 4.74 Å². The molecular weight excluding hydrogens is 322 g/mol. The van der Waals surface area contributed by atoms with E-state index in [1.165, 1.54) is 16.7 Å². The lowest BCUT2D eigenvalue weighted by molar-refractivity contribution is 0.0712. The first kappa shape index (κ1) is 18.7. The predicted octanol–water partition coefficient (Wildman–Crippen LogP) is 4.34. The van der Waals surface area contributed by atoms with E-state index in [1.807, 2.05) is 24.3 Å². The second kappa shape index (κ2) is 9.02. The fourth-order valence-corrected chi connectivity index (χ4v) is 3.42. The largest absolute Gasteiger partial charge is 0.491 e. The Bertz CT molecular complexity index is 724. The Morgan fingerprint density at radius 1 is 1.04 bits per heavy atom. The van der Waals surface area contributed by atoms with Crippen molar-refractivity contribution in [1.29, 1.82) is 0 Å². The molecule has 1 atom stereocenters. The van der Waals surface area contributed by atoms with Crippen LogP contribution in [0.3, 0.4) is 0 Å². The van der Waals surface area contributed by atoms with Gasteiger partial charge in [0.2, 0.25) is 0 Å². The molecule has 0 fully saturated rings. The summed E-state index contributed by atoms with van der Waals surface area (Å²) >= 11 is 0. The van der Waals surface area contributed by atoms with Crippen LogP contribution in [-0.4, -0.2) is 42.4 Å². The van der Waals surface area contributed by atoms with Gasteiger partial charge in [-0.1, -0.05) is 68.5 Å². The smallest absolute Gasteiger partial charge is 0.122 e. The second-order valence-corrected chi connectivity index (χ2v) is 7.26. The number of hydrogen-bond acceptors (Lipinski definition) is 3. The quantitative estimate of drug-likeness (QED) is 0.805. The first-order valence-electron chi connectivity index (χ1n) is 9.50. The van der Waals surface area contributed by atoms with Gasteiger partial charge in [0.05, 0.1) is 0 Å². The van der Waals surface area contributed by atoms with E-state index in [2.05, 4.69) is 55.2 Å². The zero-order valence-corrected chi connectivity index (χ0v) is 15.8. The highest BCUT2D eigenvalue weighted by Gasteiger charge is 2.17. The summed E-state index contributed by atoms with van der Waals surface area (Å²) in [5, 5.41) is 10.4. The molecule has 2 aromatic carbocycles. The van der Waals surface area contributed by atoms with Crippen molar-refractivity contribution in [1.82, 2.24) is 4.90 Å². The van der Waals surface area contributed by atoms with Gasteiger partial charge in [0.15, 0.2) is 0 Å². The van der Waals surface area contributed by atoms with E-state index >= 15 is 0 Å². The van der Waals surface area contributed by atoms with Gasteiger partial charge >= 0.3 is 0 Å². The molecule has 1 aliphatic heterocycles. The normalized spacial score (nSPS) is 16.4. The molecule has 1 unspecified atom stereocenters. The van der Waals surface area contributed by atoms with E-state index < -0.39 is 6.10 Å². The van der Waals surface area contributed by atoms with Crippen LogP contribution in [0.15, 0.2) is 60.7 Å². The van der Waals surface area contributed by atoms with Gasteiger partial charge in [0.25, 0.3) is 0 Å². The molecule has 0 aliphatic carbocycles. The topological polar surface area (TPSA) is 32.7 Å². The van der Waals surface area contributed by atoms with E-state index in [0.29, 0.717) is 19.1 Å². The highest BCUT2D eigenvalue weighted by Crippen LogP contribution is 2.26. The number of benzene rings is 2. The van der Waals surface area contributed by atoms with Crippen LogP contribution in [0.5, 0.6) is 5.75 Å². The number of β-amino-alcohol motifs (C(OH)–C–C–N with tert-alkyl or cyclic N) is 1. The molecule has 3 heteroatoms. The molecule has 26 heavy (non-hydrogen) atoms. The average molecular weight is 351 g/mol. The Balaban J connectivity index is 1.49. The molecule has 0 amide bonds. The fraction of sp³-hybridized carbons (Fsp3) is 0.391. The number of ether oxygens (including phenoxy) is 1. The average Bonchev–Trinajstić information content (AvgIpc) is 2.68. The Hall–Kier alpha value is -2.10. The van der Waals surface area contributed by atoms with Crippen LogP contribution in [0.2, 0.25) is 0 Å². The van der Waals surface area contributed by atoms with E-state index in [9.17, 15) is 5.11 Å². The summed E-state index contributed by atoms with van der Waals surface area (Å²) in [6.45, 7) is 7.13. The molecule has 1 heterocycles. The molecule has 1 N–H and O–H groups in total. The lowest BCUT2D eigenvalue weighted by atomic mass is 9.99. The van der Waals surface area contributed by atoms with Crippen LogP contribution >= 0.6 is 0 Å². The van der Waals surface area contributed by atoms with Crippen LogP contribution in [0.1, 0.15) is 37.3 Å². The zero-order valence-electron chi connectivity index (χ0n) is 15.8. The van der Waals surface area contributed by atoms with Crippen molar-refractivity contribution in [3.63, 3.8) is 0 Å². The third-order valence-corrected chi connectivity index (χ3v) is 4.88. The third kappa shape index (κ3) is 4.96. The standard InChI is InChI=1S/C23H29NO2/c1-18(2)22-10-6-7-11-23(22)26-17-21(25)16-24-14-12-20(13-15-24)19-8-4-3-5-9-19/h3-12,18,21,25H,13-17H2,1-2H3. The third-order valence-electron chi connectivity index (χ3n) is 4.88. The summed E-state index contributed by atoms with van der Waals surface area (Å²) in [7, 11) is 0. The number of aliphatic hydroxyl groups is 1. The molecule has 0 radical (unpaired) electrons. The molecule has 1 aliphatic rings. The molecule has 0 aromatic heterocycles. The molecule has 138 valence electrons. The highest BCUT2D eigenvalue weighted by molar-refractivity contribution is 5.66. The molecule has 0 bridgehead atoms. The van der Waals surface area contributed by atoms with Crippen molar-refractivity contribution in [3.05, 3.63) is 71.8 Å². The predicted molar refractivity (Wildman–Crippen MR) is 108 cm³/mol. The summed E-state index contributed by atoms with van der Waals surface area (Å²) in [5.74, 6) is 1.29. The van der Waals surface area contributed by atoms with Crippen molar-refractivity contribution < 1.29 is 9.84 Å². The van der Waals surface area contributed by atoms with Crippen molar-refractivity contribution in [2.75, 3.05) is 26.2 Å². The second-order valence-electron chi connectivity index (χ2n) is 7.26. The molecule has 0 saturated carbocycles. The fourth-order valence-electron chi connectivity index (χ4n) is 3.42. The number of para-hydroxylation sites is 1. The summed E-state index contributed by atoms with van der Waals surface area (Å²) < 4.78 is 5.90. The van der Waals surface area contributed by atoms with Gasteiger partial charge in [0, 0.05) is 19.6 Å². The van der Waals surface area contributed by atoms with Crippen LogP contribution in [0.25, 0.3) is 5.57 Å². The van der Waals surface area contributed by atoms with Gasteiger partial charge in [-0.25, -0.2) is 0 Å². The molecular formula is C23H29NO2. The zero-order chi connectivity index (χ0) is 18.4. The van der Waals surface area contributed by atoms with E-state index in [4.69, 9.17) is 4.74 Å². The van der Waals surface area contributed by atoms with E-state index in [-0.39, 0.29) is 0 Å². The Morgan fingerprint density at radius 2 is 1.77 bits per heavy atom. The lowest BCUT2D eigenvalue weighted by Crippen LogP contribution is -2.38. The summed E-state index contributed by atoms with van der Waals surface area (Å²) in [5.41, 5.74) is 3.90. The molecule has 3 rings (SSSR count). The minimum Gasteiger partial charge on any atom is -0.491 e. The molecule has 0 spiro atoms. The van der Waals surface area contributed by atoms with Gasteiger partial charge in [-0.2, -0.15) is 0 Å². The summed E-state index contributed by atoms with van der Waals surface area (Å²) in [6.07, 6.45) is 2.82. The Morgan fingerprint density at radius 3 is 2.46 bits per heavy atom. The monoisotopic (exact) mass is 351 g/mol. The first-order valence-corrected chi connectivity index (χ1v) is 9.50. The maximum atomic E-state index is 10.4. The maximum Gasteiger partial charge on any atom is 0.122 e. The van der Waals surface area contributed by atoms with E-state index in [1.54, 1.807) is 0 Å².